The van der Waals surface area contributed by atoms with E-state index in [2.05, 4.69) is 9.80 Å². The molecule has 2 aliphatic rings. The highest BCUT2D eigenvalue weighted by Crippen LogP contribution is 2.28. The van der Waals surface area contributed by atoms with E-state index in [1.165, 1.54) is 18.2 Å². The lowest BCUT2D eigenvalue weighted by Gasteiger charge is -2.34. The van der Waals surface area contributed by atoms with Crippen LogP contribution in [0.25, 0.3) is 0 Å². The molecule has 2 fully saturated rings. The molecule has 2 heterocycles. The first-order valence-electron chi connectivity index (χ1n) is 19.9. The van der Waals surface area contributed by atoms with Gasteiger partial charge in [-0.05, 0) is 78.1 Å². The number of piperazine rings is 2. The number of nitrogens with zero attached hydrogens (tertiary/aromatic N) is 4. The second-order valence-corrected chi connectivity index (χ2v) is 14.2. The second-order valence-electron chi connectivity index (χ2n) is 14.2. The molecule has 2 amide bonds. The van der Waals surface area contributed by atoms with Crippen molar-refractivity contribution in [3.63, 3.8) is 0 Å². The number of para-hydroxylation sites is 1. The molecule has 0 aliphatic carbocycles. The summed E-state index contributed by atoms with van der Waals surface area (Å²) in [7, 11) is 3.24. The van der Waals surface area contributed by atoms with Crippen LogP contribution in [-0.4, -0.2) is 129 Å². The molecule has 13 heteroatoms. The highest BCUT2D eigenvalue weighted by molar-refractivity contribution is 5.79. The summed E-state index contributed by atoms with van der Waals surface area (Å²) in [6.45, 7) is 8.60. The molecule has 0 saturated carbocycles. The number of aliphatic hydroxyl groups is 1. The number of ether oxygens (including phenoxy) is 4. The zero-order chi connectivity index (χ0) is 41.1. The Morgan fingerprint density at radius 1 is 0.621 bits per heavy atom. The Labute approximate surface area is 340 Å². The molecule has 0 unspecified atom stereocenters. The Balaban J connectivity index is 0.000000223. The van der Waals surface area contributed by atoms with E-state index in [-0.39, 0.29) is 35.8 Å². The Morgan fingerprint density at radius 3 is 1.79 bits per heavy atom. The van der Waals surface area contributed by atoms with Gasteiger partial charge in [0.1, 0.15) is 24.8 Å². The lowest BCUT2D eigenvalue weighted by Crippen LogP contribution is -2.49. The van der Waals surface area contributed by atoms with Gasteiger partial charge in [0.2, 0.25) is 11.8 Å². The zero-order valence-electron chi connectivity index (χ0n) is 33.6. The fraction of sp³-hybridized carbons (Fsp3) is 0.422. The van der Waals surface area contributed by atoms with Crippen molar-refractivity contribution in [1.29, 1.82) is 0 Å². The topological polar surface area (TPSA) is 104 Å². The van der Waals surface area contributed by atoms with Crippen LogP contribution in [0, 0.1) is 11.6 Å². The van der Waals surface area contributed by atoms with Crippen molar-refractivity contribution in [2.24, 2.45) is 0 Å². The smallest absolute Gasteiger partial charge is 0.227 e. The third-order valence-electron chi connectivity index (χ3n) is 10.3. The van der Waals surface area contributed by atoms with Gasteiger partial charge in [0.25, 0.3) is 0 Å². The van der Waals surface area contributed by atoms with Crippen molar-refractivity contribution in [1.82, 2.24) is 19.6 Å². The lowest BCUT2D eigenvalue weighted by atomic mass is 10.1. The fourth-order valence-electron chi connectivity index (χ4n) is 6.80. The Hall–Kier alpha value is -5.24. The van der Waals surface area contributed by atoms with E-state index in [1.54, 1.807) is 44.6 Å². The van der Waals surface area contributed by atoms with Crippen molar-refractivity contribution in [3.05, 3.63) is 119 Å². The zero-order valence-corrected chi connectivity index (χ0v) is 33.6. The van der Waals surface area contributed by atoms with Gasteiger partial charge in [-0.2, -0.15) is 0 Å². The number of rotatable bonds is 17. The van der Waals surface area contributed by atoms with Crippen LogP contribution in [0.5, 0.6) is 23.0 Å². The molecule has 2 aliphatic heterocycles. The predicted octanol–water partition coefficient (Wildman–Crippen LogP) is 5.47. The van der Waals surface area contributed by atoms with Crippen molar-refractivity contribution in [2.75, 3.05) is 92.9 Å². The van der Waals surface area contributed by atoms with Crippen LogP contribution in [-0.2, 0) is 29.0 Å². The lowest BCUT2D eigenvalue weighted by molar-refractivity contribution is -0.133. The van der Waals surface area contributed by atoms with E-state index in [0.717, 1.165) is 81.9 Å². The number of amides is 2. The summed E-state index contributed by atoms with van der Waals surface area (Å²) < 4.78 is 48.2. The van der Waals surface area contributed by atoms with Crippen molar-refractivity contribution >= 4 is 11.8 Å². The van der Waals surface area contributed by atoms with Crippen LogP contribution in [0.1, 0.15) is 29.5 Å². The summed E-state index contributed by atoms with van der Waals surface area (Å²) >= 11 is 0. The average Bonchev–Trinajstić information content (AvgIpc) is 3.26. The number of methoxy groups -OCH3 is 2. The molecular formula is C45H56F2N4O7. The highest BCUT2D eigenvalue weighted by Gasteiger charge is 2.22. The van der Waals surface area contributed by atoms with E-state index in [1.807, 2.05) is 52.3 Å². The molecule has 312 valence electrons. The van der Waals surface area contributed by atoms with E-state index >= 15 is 0 Å². The monoisotopic (exact) mass is 802 g/mol. The van der Waals surface area contributed by atoms with Crippen LogP contribution in [0.3, 0.4) is 0 Å². The van der Waals surface area contributed by atoms with Gasteiger partial charge in [0.05, 0.1) is 27.2 Å². The van der Waals surface area contributed by atoms with Gasteiger partial charge >= 0.3 is 0 Å². The molecule has 6 rings (SSSR count). The summed E-state index contributed by atoms with van der Waals surface area (Å²) in [6.07, 6.45) is 2.54. The molecule has 58 heavy (non-hydrogen) atoms. The van der Waals surface area contributed by atoms with Gasteiger partial charge in [-0.15, -0.1) is 0 Å². The molecule has 0 aromatic heterocycles. The molecular weight excluding hydrogens is 747 g/mol. The van der Waals surface area contributed by atoms with Crippen LogP contribution in [0.2, 0.25) is 0 Å². The molecule has 4 aromatic rings. The van der Waals surface area contributed by atoms with E-state index < -0.39 is 0 Å². The van der Waals surface area contributed by atoms with Crippen LogP contribution < -0.4 is 18.9 Å². The summed E-state index contributed by atoms with van der Waals surface area (Å²) in [6, 6.07) is 25.8. The van der Waals surface area contributed by atoms with Crippen LogP contribution in [0.15, 0.2) is 91.0 Å². The van der Waals surface area contributed by atoms with E-state index in [0.29, 0.717) is 56.4 Å². The summed E-state index contributed by atoms with van der Waals surface area (Å²) in [5.41, 5.74) is 2.94. The molecule has 0 atom stereocenters. The van der Waals surface area contributed by atoms with Crippen LogP contribution >= 0.6 is 0 Å². The Kier molecular flexibility index (Phi) is 17.6. The summed E-state index contributed by atoms with van der Waals surface area (Å²) in [5, 5.41) is 9.07. The van der Waals surface area contributed by atoms with Gasteiger partial charge in [0.15, 0.2) is 23.1 Å². The number of aryl methyl sites for hydroxylation is 1. The molecule has 11 nitrogen and oxygen atoms in total. The number of hydrogen-bond donors (Lipinski definition) is 1. The van der Waals surface area contributed by atoms with Crippen LogP contribution in [0.4, 0.5) is 8.78 Å². The maximum Gasteiger partial charge on any atom is 0.227 e. The van der Waals surface area contributed by atoms with E-state index in [4.69, 9.17) is 24.1 Å². The quantitative estimate of drug-likeness (QED) is 0.149. The van der Waals surface area contributed by atoms with Crippen molar-refractivity contribution < 1.29 is 42.4 Å². The SMILES string of the molecule is COc1ccc(CCCC(=O)N2CCN(CCOc3ccccc3F)CC2)cc1OC.O=C(Cc1ccc(CO)cc1)N1CCN(CCOc2ccc(F)cc2)CC1. The summed E-state index contributed by atoms with van der Waals surface area (Å²) in [4.78, 5) is 33.4. The number of benzene rings is 4. The van der Waals surface area contributed by atoms with Gasteiger partial charge in [0, 0.05) is 71.9 Å². The molecule has 0 radical (unpaired) electrons. The molecule has 4 aromatic carbocycles. The van der Waals surface area contributed by atoms with Crippen molar-refractivity contribution in [2.45, 2.75) is 32.3 Å². The van der Waals surface area contributed by atoms with Crippen molar-refractivity contribution in [3.8, 4) is 23.0 Å². The number of aliphatic hydroxyl groups excluding tert-OH is 1. The van der Waals surface area contributed by atoms with E-state index in [9.17, 15) is 18.4 Å². The second kappa shape index (κ2) is 23.2. The largest absolute Gasteiger partial charge is 0.493 e. The first-order chi connectivity index (χ1) is 28.2. The Morgan fingerprint density at radius 2 is 1.19 bits per heavy atom. The molecule has 0 spiro atoms. The average molecular weight is 803 g/mol. The van der Waals surface area contributed by atoms with Gasteiger partial charge in [-0.25, -0.2) is 8.78 Å². The van der Waals surface area contributed by atoms with Gasteiger partial charge in [-0.3, -0.25) is 19.4 Å². The molecule has 1 N–H and O–H groups in total. The highest BCUT2D eigenvalue weighted by atomic mass is 19.1. The Bertz CT molecular complexity index is 1850. The first kappa shape index (κ1) is 43.9. The maximum atomic E-state index is 13.6. The van der Waals surface area contributed by atoms with Gasteiger partial charge < -0.3 is 33.9 Å². The number of carbonyl (C=O) groups excluding carboxylic acids is 2. The fourth-order valence-corrected chi connectivity index (χ4v) is 6.80. The predicted molar refractivity (Wildman–Crippen MR) is 218 cm³/mol. The third-order valence-corrected chi connectivity index (χ3v) is 10.3. The standard InChI is InChI=1S/C24H31FN2O4.C21H25FN2O3/c1-29-22-11-10-19(18-23(22)30-2)6-5-9-24(28)27-14-12-26(13-15-27)16-17-31-21-8-4-3-7-20(21)25;22-19-5-7-20(8-6-19)27-14-13-23-9-11-24(12-10-23)21(26)15-17-1-3-18(16-25)4-2-17/h3-4,7-8,10-11,18H,5-6,9,12-17H2,1-2H3;1-8,25H,9-16H2. The maximum absolute atomic E-state index is 13.6. The molecule has 2 saturated heterocycles. The summed E-state index contributed by atoms with van der Waals surface area (Å²) in [5.74, 6) is 2.08. The third kappa shape index (κ3) is 14.0. The molecule has 0 bridgehead atoms. The first-order valence-corrected chi connectivity index (χ1v) is 19.9. The number of halogens is 2. The minimum atomic E-state index is -0.342. The van der Waals surface area contributed by atoms with Gasteiger partial charge in [-0.1, -0.05) is 42.5 Å². The minimum Gasteiger partial charge on any atom is -0.493 e. The number of carbonyl (C=O) groups is 2. The minimum absolute atomic E-state index is 0.0149. The number of hydrogen-bond acceptors (Lipinski definition) is 9. The normalized spacial score (nSPS) is 14.6.